The van der Waals surface area contributed by atoms with Gasteiger partial charge in [0.25, 0.3) is 17.7 Å². The smallest absolute Gasteiger partial charge is 0.273 e. The van der Waals surface area contributed by atoms with Gasteiger partial charge in [0.05, 0.1) is 24.6 Å². The lowest BCUT2D eigenvalue weighted by molar-refractivity contribution is -0.123. The van der Waals surface area contributed by atoms with Gasteiger partial charge in [0.15, 0.2) is 11.7 Å². The number of hydrogen-bond donors (Lipinski definition) is 3. The highest BCUT2D eigenvalue weighted by Crippen LogP contribution is 2.38. The largest absolute Gasteiger partial charge is 0.495 e. The molecule has 190 valence electrons. The van der Waals surface area contributed by atoms with Crippen molar-refractivity contribution < 1.29 is 28.3 Å². The van der Waals surface area contributed by atoms with E-state index in [0.29, 0.717) is 23.8 Å². The van der Waals surface area contributed by atoms with E-state index in [-0.39, 0.29) is 34.7 Å². The Balaban J connectivity index is 1.82. The van der Waals surface area contributed by atoms with E-state index in [9.17, 15) is 14.4 Å². The normalized spacial score (nSPS) is 15.9. The first-order valence-electron chi connectivity index (χ1n) is 11.3. The number of aromatic nitrogens is 1. The summed E-state index contributed by atoms with van der Waals surface area (Å²) in [6.07, 6.45) is 1.63. The molecule has 36 heavy (non-hydrogen) atoms. The average Bonchev–Trinajstić information content (AvgIpc) is 3.62. The number of nitrogen functional groups attached to an aromatic ring is 1. The van der Waals surface area contributed by atoms with Gasteiger partial charge in [0.1, 0.15) is 22.1 Å². The molecular weight excluding hydrogens is 486 g/mol. The second-order valence-electron chi connectivity index (χ2n) is 8.22. The molecule has 12 heteroatoms. The Labute approximate surface area is 211 Å². The molecule has 3 amide bonds. The highest BCUT2D eigenvalue weighted by Gasteiger charge is 2.39. The highest BCUT2D eigenvalue weighted by atomic mass is 32.1. The van der Waals surface area contributed by atoms with Crippen LogP contribution in [0.25, 0.3) is 0 Å². The molecule has 1 saturated heterocycles. The summed E-state index contributed by atoms with van der Waals surface area (Å²) in [5.74, 6) is -0.897. The zero-order chi connectivity index (χ0) is 25.8. The van der Waals surface area contributed by atoms with Crippen molar-refractivity contribution in [1.29, 1.82) is 0 Å². The first kappa shape index (κ1) is 25.2. The number of hydrogen-bond acceptors (Lipinski definition) is 9. The number of rotatable bonds is 9. The number of amides is 3. The van der Waals surface area contributed by atoms with E-state index < -0.39 is 23.8 Å². The molecule has 0 unspecified atom stereocenters. The van der Waals surface area contributed by atoms with E-state index in [1.807, 2.05) is 0 Å². The van der Waals surface area contributed by atoms with Crippen molar-refractivity contribution in [3.8, 4) is 5.75 Å². The van der Waals surface area contributed by atoms with Crippen LogP contribution in [0, 0.1) is 6.92 Å². The summed E-state index contributed by atoms with van der Waals surface area (Å²) in [4.78, 5) is 40.6. The van der Waals surface area contributed by atoms with Gasteiger partial charge in [-0.05, 0) is 55.6 Å². The van der Waals surface area contributed by atoms with Crippen molar-refractivity contribution in [1.82, 2.24) is 9.69 Å². The predicted octanol–water partition coefficient (Wildman–Crippen LogP) is 2.42. The maximum absolute atomic E-state index is 14.0. The minimum absolute atomic E-state index is 0.0464. The van der Waals surface area contributed by atoms with Crippen LogP contribution in [-0.4, -0.2) is 48.5 Å². The second-order valence-corrected chi connectivity index (χ2v) is 8.99. The van der Waals surface area contributed by atoms with Crippen LogP contribution in [0.5, 0.6) is 5.75 Å². The van der Waals surface area contributed by atoms with Crippen LogP contribution < -0.4 is 26.4 Å². The van der Waals surface area contributed by atoms with E-state index in [4.69, 9.17) is 25.4 Å². The zero-order valence-corrected chi connectivity index (χ0v) is 20.7. The zero-order valence-electron chi connectivity index (χ0n) is 19.9. The molecule has 2 aromatic heterocycles. The number of anilines is 2. The molecule has 5 N–H and O–H groups in total. The van der Waals surface area contributed by atoms with Crippen molar-refractivity contribution in [3.05, 3.63) is 58.5 Å². The lowest BCUT2D eigenvalue weighted by atomic mass is 10.1. The Morgan fingerprint density at radius 1 is 1.28 bits per heavy atom. The first-order valence-corrected chi connectivity index (χ1v) is 12.1. The van der Waals surface area contributed by atoms with Gasteiger partial charge in [0, 0.05) is 13.2 Å². The summed E-state index contributed by atoms with van der Waals surface area (Å²) in [6.45, 7) is 2.65. The standard InChI is InChI=1S/C24H27N5O6S/c1-13-9-10-17(35-13)20(23(31)27-12-14-6-5-11-34-14)29(15-7-3-4-8-16(15)33-2)24(32)21-18(25)19(22(26)30)28-36-21/h3-4,7-10,14,20H,5-6,11-12,25H2,1-2H3,(H2,26,30)(H,27,31)/t14-,20-/m1/s1. The topological polar surface area (TPSA) is 163 Å². The number of nitrogens with two attached hydrogens (primary N) is 2. The number of nitrogens with zero attached hydrogens (tertiary/aromatic N) is 2. The molecule has 2 atom stereocenters. The predicted molar refractivity (Wildman–Crippen MR) is 133 cm³/mol. The molecule has 3 aromatic rings. The Bertz CT molecular complexity index is 1270. The van der Waals surface area contributed by atoms with Gasteiger partial charge in [-0.1, -0.05) is 12.1 Å². The van der Waals surface area contributed by atoms with Crippen molar-refractivity contribution in [2.45, 2.75) is 31.9 Å². The molecule has 0 aliphatic carbocycles. The van der Waals surface area contributed by atoms with Crippen LogP contribution >= 0.6 is 11.5 Å². The van der Waals surface area contributed by atoms with Gasteiger partial charge in [-0.25, -0.2) is 0 Å². The van der Waals surface area contributed by atoms with Gasteiger partial charge < -0.3 is 30.7 Å². The fraction of sp³-hybridized carbons (Fsp3) is 0.333. The van der Waals surface area contributed by atoms with E-state index in [1.54, 1.807) is 43.3 Å². The first-order chi connectivity index (χ1) is 17.3. The average molecular weight is 514 g/mol. The van der Waals surface area contributed by atoms with Crippen molar-refractivity contribution in [3.63, 3.8) is 0 Å². The summed E-state index contributed by atoms with van der Waals surface area (Å²) < 4.78 is 20.9. The summed E-state index contributed by atoms with van der Waals surface area (Å²) in [6, 6.07) is 8.84. The number of methoxy groups -OCH3 is 1. The maximum Gasteiger partial charge on any atom is 0.273 e. The number of primary amides is 1. The number of carbonyl (C=O) groups excluding carboxylic acids is 3. The summed E-state index contributed by atoms with van der Waals surface area (Å²) >= 11 is 0.722. The van der Waals surface area contributed by atoms with E-state index in [1.165, 1.54) is 12.0 Å². The van der Waals surface area contributed by atoms with Gasteiger partial charge in [-0.2, -0.15) is 4.37 Å². The molecule has 1 aliphatic heterocycles. The second kappa shape index (κ2) is 10.8. The number of para-hydroxylation sites is 2. The van der Waals surface area contributed by atoms with E-state index >= 15 is 0 Å². The molecule has 0 bridgehead atoms. The molecule has 0 saturated carbocycles. The van der Waals surface area contributed by atoms with Crippen LogP contribution in [0.15, 0.2) is 40.8 Å². The van der Waals surface area contributed by atoms with Crippen LogP contribution in [0.2, 0.25) is 0 Å². The molecule has 1 fully saturated rings. The van der Waals surface area contributed by atoms with Crippen molar-refractivity contribution in [2.75, 3.05) is 30.9 Å². The lowest BCUT2D eigenvalue weighted by Crippen LogP contribution is -2.45. The monoisotopic (exact) mass is 513 g/mol. The molecule has 1 aliphatic rings. The fourth-order valence-electron chi connectivity index (χ4n) is 4.02. The Kier molecular flexibility index (Phi) is 7.55. The third kappa shape index (κ3) is 5.04. The Morgan fingerprint density at radius 2 is 2.06 bits per heavy atom. The molecule has 4 rings (SSSR count). The van der Waals surface area contributed by atoms with Gasteiger partial charge in [0.2, 0.25) is 0 Å². The number of benzene rings is 1. The fourth-order valence-corrected chi connectivity index (χ4v) is 4.77. The minimum Gasteiger partial charge on any atom is -0.495 e. The summed E-state index contributed by atoms with van der Waals surface area (Å²) in [5.41, 5.74) is 11.4. The van der Waals surface area contributed by atoms with Crippen LogP contribution in [0.3, 0.4) is 0 Å². The Hall–Kier alpha value is -3.90. The molecule has 0 spiro atoms. The third-order valence-electron chi connectivity index (χ3n) is 5.78. The highest BCUT2D eigenvalue weighted by molar-refractivity contribution is 7.09. The number of carbonyl (C=O) groups is 3. The van der Waals surface area contributed by atoms with Crippen LogP contribution in [-0.2, 0) is 9.53 Å². The number of furan rings is 1. The number of ether oxygens (including phenoxy) is 2. The van der Waals surface area contributed by atoms with Gasteiger partial charge in [-0.15, -0.1) is 0 Å². The van der Waals surface area contributed by atoms with Gasteiger partial charge in [-0.3, -0.25) is 19.3 Å². The SMILES string of the molecule is COc1ccccc1N(C(=O)c1snc(C(N)=O)c1N)[C@@H](C(=O)NC[C@H]1CCCO1)c1ccc(C)o1. The summed E-state index contributed by atoms with van der Waals surface area (Å²) in [7, 11) is 1.46. The maximum atomic E-state index is 14.0. The number of nitrogens with one attached hydrogen (secondary N) is 1. The minimum atomic E-state index is -1.23. The van der Waals surface area contributed by atoms with Gasteiger partial charge >= 0.3 is 0 Å². The van der Waals surface area contributed by atoms with Crippen LogP contribution in [0.4, 0.5) is 11.4 Å². The quantitative estimate of drug-likeness (QED) is 0.393. The Morgan fingerprint density at radius 3 is 2.67 bits per heavy atom. The summed E-state index contributed by atoms with van der Waals surface area (Å²) in [5, 5.41) is 2.89. The lowest BCUT2D eigenvalue weighted by Gasteiger charge is -2.31. The van der Waals surface area contributed by atoms with Crippen molar-refractivity contribution >= 4 is 40.6 Å². The molecule has 11 nitrogen and oxygen atoms in total. The van der Waals surface area contributed by atoms with E-state index in [0.717, 1.165) is 24.4 Å². The van der Waals surface area contributed by atoms with E-state index in [2.05, 4.69) is 9.69 Å². The molecule has 0 radical (unpaired) electrons. The molecule has 3 heterocycles. The number of aryl methyl sites for hydroxylation is 1. The molecule has 1 aromatic carbocycles. The molecular formula is C24H27N5O6S. The third-order valence-corrected chi connectivity index (χ3v) is 6.64. The van der Waals surface area contributed by atoms with Crippen molar-refractivity contribution in [2.24, 2.45) is 5.73 Å². The van der Waals surface area contributed by atoms with Crippen LogP contribution in [0.1, 0.15) is 50.6 Å².